The highest BCUT2D eigenvalue weighted by Crippen LogP contribution is 2.33. The number of nitrogens with one attached hydrogen (secondary N) is 1. The Morgan fingerprint density at radius 2 is 1.66 bits per heavy atom. The van der Waals surface area contributed by atoms with Crippen LogP contribution >= 0.6 is 23.2 Å². The third-order valence-electron chi connectivity index (χ3n) is 8.64. The van der Waals surface area contributed by atoms with Crippen LogP contribution in [0.3, 0.4) is 0 Å². The number of likely N-dealkylation sites (tertiary alicyclic amines) is 1. The maximum atomic E-state index is 13.1. The Bertz CT molecular complexity index is 2090. The van der Waals surface area contributed by atoms with Gasteiger partial charge in [-0.15, -0.1) is 0 Å². The number of anilines is 2. The number of aromatic nitrogens is 2. The van der Waals surface area contributed by atoms with Gasteiger partial charge in [-0.25, -0.2) is 0 Å². The molecule has 4 aromatic rings. The van der Waals surface area contributed by atoms with Gasteiger partial charge in [0.2, 0.25) is 12.2 Å². The van der Waals surface area contributed by atoms with Crippen LogP contribution in [-0.4, -0.2) is 94.7 Å². The number of amides is 2. The van der Waals surface area contributed by atoms with E-state index in [1.54, 1.807) is 26.7 Å². The molecular formula is C37H36Cl2N9O5+. The van der Waals surface area contributed by atoms with Crippen molar-refractivity contribution in [3.05, 3.63) is 100 Å². The van der Waals surface area contributed by atoms with Gasteiger partial charge in [-0.1, -0.05) is 51.2 Å². The summed E-state index contributed by atoms with van der Waals surface area (Å²) in [6, 6.07) is 22.4. The summed E-state index contributed by atoms with van der Waals surface area (Å²) in [4.78, 5) is 36.0. The first-order valence-corrected chi connectivity index (χ1v) is 17.8. The number of carbonyl (C=O) groups is 2. The smallest absolute Gasteiger partial charge is 0.363 e. The highest BCUT2D eigenvalue weighted by Gasteiger charge is 2.37. The lowest BCUT2D eigenvalue weighted by atomic mass is 10.0. The number of piperidine rings is 1. The van der Waals surface area contributed by atoms with Crippen molar-refractivity contribution in [3.8, 4) is 11.5 Å². The van der Waals surface area contributed by atoms with Crippen LogP contribution in [0.15, 0.2) is 89.3 Å². The SMILES string of the molecule is Nc1ncnc2c1C(c1ccc(Oc3ccccc3)cc1)=N/[N+]2=C1\CCCN(C(=O)COCCOCC(=O)NC2=NN(c3ccc(Cl)c(Cl)c3)CC2)C1. The molecular weight excluding hydrogens is 721 g/mol. The van der Waals surface area contributed by atoms with Crippen molar-refractivity contribution in [2.75, 3.05) is 56.8 Å². The molecule has 0 spiro atoms. The summed E-state index contributed by atoms with van der Waals surface area (Å²) in [6.45, 7) is 1.52. The van der Waals surface area contributed by atoms with Crippen LogP contribution in [0.25, 0.3) is 0 Å². The van der Waals surface area contributed by atoms with Crippen molar-refractivity contribution in [3.63, 3.8) is 0 Å². The molecule has 1 aromatic heterocycles. The first kappa shape index (κ1) is 36.0. The van der Waals surface area contributed by atoms with E-state index in [0.29, 0.717) is 70.6 Å². The Morgan fingerprint density at radius 1 is 0.887 bits per heavy atom. The minimum Gasteiger partial charge on any atom is -0.457 e. The average Bonchev–Trinajstić information content (AvgIpc) is 3.81. The molecule has 3 N–H and O–H groups in total. The van der Waals surface area contributed by atoms with Gasteiger partial charge in [-0.3, -0.25) is 14.6 Å². The van der Waals surface area contributed by atoms with E-state index < -0.39 is 0 Å². The summed E-state index contributed by atoms with van der Waals surface area (Å²) in [5.41, 5.74) is 10.1. The van der Waals surface area contributed by atoms with E-state index in [4.69, 9.17) is 48.2 Å². The molecule has 16 heteroatoms. The fourth-order valence-electron chi connectivity index (χ4n) is 6.05. The second kappa shape index (κ2) is 16.5. The highest BCUT2D eigenvalue weighted by molar-refractivity contribution is 6.42. The summed E-state index contributed by atoms with van der Waals surface area (Å²) in [5.74, 6) is 2.35. The van der Waals surface area contributed by atoms with Gasteiger partial charge in [0, 0.05) is 31.5 Å². The Morgan fingerprint density at radius 3 is 2.45 bits per heavy atom. The number of carbonyl (C=O) groups excluding carboxylic acids is 2. The monoisotopic (exact) mass is 756 g/mol. The molecule has 4 heterocycles. The van der Waals surface area contributed by atoms with E-state index in [2.05, 4.69) is 20.4 Å². The number of amidine groups is 1. The molecule has 1 fully saturated rings. The minimum absolute atomic E-state index is 0.123. The van der Waals surface area contributed by atoms with Crippen molar-refractivity contribution in [1.29, 1.82) is 0 Å². The summed E-state index contributed by atoms with van der Waals surface area (Å²) in [6.07, 6.45) is 3.45. The fourth-order valence-corrected chi connectivity index (χ4v) is 6.34. The normalized spacial score (nSPS) is 16.6. The predicted octanol–water partition coefficient (Wildman–Crippen LogP) is 5.00. The number of nitrogen functional groups attached to an aromatic ring is 1. The summed E-state index contributed by atoms with van der Waals surface area (Å²) < 4.78 is 18.8. The second-order valence-electron chi connectivity index (χ2n) is 12.3. The molecule has 0 atom stereocenters. The lowest BCUT2D eigenvalue weighted by Gasteiger charge is -2.27. The molecule has 2 amide bonds. The number of hydrazone groups is 2. The van der Waals surface area contributed by atoms with Crippen LogP contribution in [0.4, 0.5) is 17.3 Å². The van der Waals surface area contributed by atoms with Crippen LogP contribution < -0.4 is 20.8 Å². The lowest BCUT2D eigenvalue weighted by molar-refractivity contribution is -0.448. The quantitative estimate of drug-likeness (QED) is 0.159. The Labute approximate surface area is 315 Å². The lowest BCUT2D eigenvalue weighted by Crippen LogP contribution is -2.43. The van der Waals surface area contributed by atoms with E-state index in [1.165, 1.54) is 6.33 Å². The number of halogens is 2. The third-order valence-corrected chi connectivity index (χ3v) is 9.38. The number of ether oxygens (including phenoxy) is 3. The number of hydrogen-bond donors (Lipinski definition) is 2. The largest absolute Gasteiger partial charge is 0.457 e. The molecule has 53 heavy (non-hydrogen) atoms. The molecule has 0 bridgehead atoms. The Balaban J connectivity index is 0.895. The van der Waals surface area contributed by atoms with E-state index in [1.807, 2.05) is 60.7 Å². The molecule has 3 aromatic carbocycles. The van der Waals surface area contributed by atoms with Crippen molar-refractivity contribution < 1.29 is 28.5 Å². The molecule has 272 valence electrons. The van der Waals surface area contributed by atoms with E-state index in [0.717, 1.165) is 35.6 Å². The molecule has 0 saturated carbocycles. The minimum atomic E-state index is -0.331. The van der Waals surface area contributed by atoms with Crippen LogP contribution in [0.2, 0.25) is 10.0 Å². The standard InChI is InChI=1S/C37H35Cl2N9O5/c38-29-13-10-25(19-30(29)39)47-16-14-31(44-47)43-32(49)21-51-17-18-52-22-33(50)46-15-4-5-26(20-46)48-37-34(36(40)41-23-42-37)35(45-48)24-8-11-28(12-9-24)53-27-6-2-1-3-7-27/h1-3,6-13,19,23H,4-5,14-18,20-22H2,(H2-,40,41,42,43,44,45,49)/p+1/b48-26+. The van der Waals surface area contributed by atoms with Gasteiger partial charge in [-0.05, 0) is 66.0 Å². The van der Waals surface area contributed by atoms with Gasteiger partial charge in [0.05, 0.1) is 35.5 Å². The number of fused-ring (bicyclic) bond motifs is 1. The Hall–Kier alpha value is -5.41. The van der Waals surface area contributed by atoms with Crippen molar-refractivity contribution in [2.45, 2.75) is 19.3 Å². The average molecular weight is 758 g/mol. The van der Waals surface area contributed by atoms with Crippen LogP contribution in [0, 0.1) is 0 Å². The molecule has 1 saturated heterocycles. The topological polar surface area (TPSA) is 160 Å². The van der Waals surface area contributed by atoms with Gasteiger partial charge in [0.1, 0.15) is 53.4 Å². The van der Waals surface area contributed by atoms with Crippen molar-refractivity contribution in [2.24, 2.45) is 10.2 Å². The van der Waals surface area contributed by atoms with E-state index >= 15 is 0 Å². The second-order valence-corrected chi connectivity index (χ2v) is 13.1. The van der Waals surface area contributed by atoms with Gasteiger partial charge in [0.25, 0.3) is 5.91 Å². The third kappa shape index (κ3) is 8.63. The number of nitrogens with zero attached hydrogens (tertiary/aromatic N) is 7. The van der Waals surface area contributed by atoms with E-state index in [-0.39, 0.29) is 38.2 Å². The van der Waals surface area contributed by atoms with Gasteiger partial charge in [-0.2, -0.15) is 10.1 Å². The maximum absolute atomic E-state index is 13.1. The van der Waals surface area contributed by atoms with Gasteiger partial charge >= 0.3 is 5.82 Å². The van der Waals surface area contributed by atoms with E-state index in [9.17, 15) is 9.59 Å². The Kier molecular flexibility index (Phi) is 11.2. The molecule has 7 rings (SSSR count). The van der Waals surface area contributed by atoms with Gasteiger partial charge < -0.3 is 30.2 Å². The van der Waals surface area contributed by atoms with Crippen LogP contribution in [-0.2, 0) is 19.1 Å². The molecule has 3 aliphatic rings. The number of hydrogen-bond acceptors (Lipinski definition) is 11. The summed E-state index contributed by atoms with van der Waals surface area (Å²) in [5, 5.41) is 14.8. The molecule has 0 unspecified atom stereocenters. The first-order chi connectivity index (χ1) is 25.8. The zero-order valence-corrected chi connectivity index (χ0v) is 30.1. The maximum Gasteiger partial charge on any atom is 0.363 e. The first-order valence-electron chi connectivity index (χ1n) is 17.0. The fraction of sp³-hybridized carbons (Fsp3) is 0.270. The molecule has 0 aliphatic carbocycles. The van der Waals surface area contributed by atoms with Crippen molar-refractivity contribution in [1.82, 2.24) is 20.2 Å². The molecule has 14 nitrogen and oxygen atoms in total. The highest BCUT2D eigenvalue weighted by atomic mass is 35.5. The number of rotatable bonds is 11. The summed E-state index contributed by atoms with van der Waals surface area (Å²) >= 11 is 12.1. The number of para-hydroxylation sites is 1. The zero-order chi connectivity index (χ0) is 36.7. The van der Waals surface area contributed by atoms with Crippen molar-refractivity contribution >= 4 is 69.6 Å². The number of benzene rings is 3. The number of nitrogens with two attached hydrogens (primary N) is 1. The zero-order valence-electron chi connectivity index (χ0n) is 28.6. The van der Waals surface area contributed by atoms with Crippen LogP contribution in [0.5, 0.6) is 11.5 Å². The molecule has 0 radical (unpaired) electrons. The molecule has 3 aliphatic heterocycles. The summed E-state index contributed by atoms with van der Waals surface area (Å²) in [7, 11) is 0. The predicted molar refractivity (Wildman–Crippen MR) is 201 cm³/mol. The van der Waals surface area contributed by atoms with Gasteiger partial charge in [0.15, 0.2) is 0 Å². The van der Waals surface area contributed by atoms with Crippen LogP contribution in [0.1, 0.15) is 30.4 Å².